The number of allylic oxidation sites excluding steroid dienone is 1. The first-order valence-corrected chi connectivity index (χ1v) is 8.36. The molecule has 3 rings (SSSR count). The van der Waals surface area contributed by atoms with Crippen LogP contribution in [-0.2, 0) is 4.79 Å². The SMILES string of the molecule is Cc1ccc(NC(=O)C2CCN(C3C=CCCC3)CC2)nc1. The third-order valence-corrected chi connectivity index (χ3v) is 4.76. The molecule has 1 atom stereocenters. The number of likely N-dealkylation sites (tertiary alicyclic amines) is 1. The Bertz CT molecular complexity index is 530. The molecule has 0 bridgehead atoms. The van der Waals surface area contributed by atoms with Gasteiger partial charge in [-0.1, -0.05) is 18.2 Å². The van der Waals surface area contributed by atoms with E-state index in [-0.39, 0.29) is 11.8 Å². The lowest BCUT2D eigenvalue weighted by atomic mass is 9.92. The van der Waals surface area contributed by atoms with E-state index in [0.29, 0.717) is 11.9 Å². The van der Waals surface area contributed by atoms with Crippen LogP contribution in [0, 0.1) is 12.8 Å². The number of aryl methyl sites for hydroxylation is 1. The highest BCUT2D eigenvalue weighted by atomic mass is 16.1. The van der Waals surface area contributed by atoms with Crippen molar-refractivity contribution in [3.63, 3.8) is 0 Å². The van der Waals surface area contributed by atoms with Gasteiger partial charge in [-0.25, -0.2) is 4.98 Å². The van der Waals surface area contributed by atoms with Crippen LogP contribution in [-0.4, -0.2) is 34.9 Å². The van der Waals surface area contributed by atoms with Crippen LogP contribution in [0.1, 0.15) is 37.7 Å². The van der Waals surface area contributed by atoms with Crippen LogP contribution < -0.4 is 5.32 Å². The van der Waals surface area contributed by atoms with Crippen LogP contribution in [0.2, 0.25) is 0 Å². The van der Waals surface area contributed by atoms with Gasteiger partial charge in [0.15, 0.2) is 0 Å². The molecule has 0 aromatic carbocycles. The molecule has 1 amide bonds. The minimum atomic E-state index is 0.118. The lowest BCUT2D eigenvalue weighted by Crippen LogP contribution is -2.43. The predicted molar refractivity (Wildman–Crippen MR) is 88.7 cm³/mol. The molecule has 118 valence electrons. The second-order valence-corrected chi connectivity index (χ2v) is 6.45. The molecule has 1 N–H and O–H groups in total. The van der Waals surface area contributed by atoms with E-state index >= 15 is 0 Å². The first kappa shape index (κ1) is 15.2. The molecule has 1 unspecified atom stereocenters. The molecule has 0 radical (unpaired) electrons. The number of carbonyl (C=O) groups excluding carboxylic acids is 1. The van der Waals surface area contributed by atoms with Gasteiger partial charge in [-0.2, -0.15) is 0 Å². The van der Waals surface area contributed by atoms with Gasteiger partial charge in [0.2, 0.25) is 5.91 Å². The van der Waals surface area contributed by atoms with Crippen LogP contribution in [0.4, 0.5) is 5.82 Å². The van der Waals surface area contributed by atoms with E-state index in [1.165, 1.54) is 19.3 Å². The van der Waals surface area contributed by atoms with Crippen LogP contribution in [0.15, 0.2) is 30.5 Å². The summed E-state index contributed by atoms with van der Waals surface area (Å²) in [5, 5.41) is 2.95. The van der Waals surface area contributed by atoms with Crippen molar-refractivity contribution in [2.75, 3.05) is 18.4 Å². The van der Waals surface area contributed by atoms with E-state index in [4.69, 9.17) is 0 Å². The Balaban J connectivity index is 1.50. The maximum Gasteiger partial charge on any atom is 0.228 e. The third-order valence-electron chi connectivity index (χ3n) is 4.76. The number of carbonyl (C=O) groups is 1. The van der Waals surface area contributed by atoms with Gasteiger partial charge >= 0.3 is 0 Å². The summed E-state index contributed by atoms with van der Waals surface area (Å²) < 4.78 is 0. The smallest absolute Gasteiger partial charge is 0.228 e. The monoisotopic (exact) mass is 299 g/mol. The number of hydrogen-bond acceptors (Lipinski definition) is 3. The zero-order valence-electron chi connectivity index (χ0n) is 13.3. The Labute approximate surface area is 132 Å². The van der Waals surface area contributed by atoms with Gasteiger partial charge in [-0.3, -0.25) is 9.69 Å². The summed E-state index contributed by atoms with van der Waals surface area (Å²) in [7, 11) is 0. The highest BCUT2D eigenvalue weighted by molar-refractivity contribution is 5.91. The number of hydrogen-bond donors (Lipinski definition) is 1. The number of rotatable bonds is 3. The number of aromatic nitrogens is 1. The van der Waals surface area contributed by atoms with E-state index in [2.05, 4.69) is 27.4 Å². The molecule has 1 aliphatic heterocycles. The van der Waals surface area contributed by atoms with Gasteiger partial charge in [0, 0.05) is 18.2 Å². The molecule has 4 heteroatoms. The molecule has 1 aromatic rings. The zero-order chi connectivity index (χ0) is 15.4. The highest BCUT2D eigenvalue weighted by Crippen LogP contribution is 2.24. The molecular weight excluding hydrogens is 274 g/mol. The molecule has 0 saturated carbocycles. The highest BCUT2D eigenvalue weighted by Gasteiger charge is 2.28. The van der Waals surface area contributed by atoms with Crippen molar-refractivity contribution in [2.24, 2.45) is 5.92 Å². The van der Waals surface area contributed by atoms with E-state index in [9.17, 15) is 4.79 Å². The third kappa shape index (κ3) is 3.74. The van der Waals surface area contributed by atoms with Gasteiger partial charge in [0.05, 0.1) is 0 Å². The minimum Gasteiger partial charge on any atom is -0.310 e. The van der Waals surface area contributed by atoms with Gasteiger partial charge in [0.25, 0.3) is 0 Å². The topological polar surface area (TPSA) is 45.2 Å². The Hall–Kier alpha value is -1.68. The van der Waals surface area contributed by atoms with Crippen LogP contribution in [0.25, 0.3) is 0 Å². The van der Waals surface area contributed by atoms with Crippen molar-refractivity contribution in [3.05, 3.63) is 36.0 Å². The molecule has 1 aliphatic carbocycles. The average Bonchev–Trinajstić information content (AvgIpc) is 2.58. The summed E-state index contributed by atoms with van der Waals surface area (Å²) in [6.07, 6.45) is 12.1. The number of amides is 1. The zero-order valence-corrected chi connectivity index (χ0v) is 13.3. The number of nitrogens with zero attached hydrogens (tertiary/aromatic N) is 2. The van der Waals surface area contributed by atoms with Gasteiger partial charge in [-0.05, 0) is 63.7 Å². The van der Waals surface area contributed by atoms with E-state index < -0.39 is 0 Å². The summed E-state index contributed by atoms with van der Waals surface area (Å²) in [6.45, 7) is 4.04. The quantitative estimate of drug-likeness (QED) is 0.872. The lowest BCUT2D eigenvalue weighted by molar-refractivity contribution is -0.121. The summed E-state index contributed by atoms with van der Waals surface area (Å²) in [4.78, 5) is 19.1. The fourth-order valence-corrected chi connectivity index (χ4v) is 3.36. The normalized spacial score (nSPS) is 23.4. The number of pyridine rings is 1. The van der Waals surface area contributed by atoms with Crippen molar-refractivity contribution < 1.29 is 4.79 Å². The first-order valence-electron chi connectivity index (χ1n) is 8.36. The van der Waals surface area contributed by atoms with Crippen LogP contribution in [0.3, 0.4) is 0 Å². The molecule has 1 aromatic heterocycles. The maximum atomic E-state index is 12.4. The first-order chi connectivity index (χ1) is 10.7. The second-order valence-electron chi connectivity index (χ2n) is 6.45. The molecule has 1 fully saturated rings. The number of anilines is 1. The van der Waals surface area contributed by atoms with E-state index in [1.807, 2.05) is 19.1 Å². The van der Waals surface area contributed by atoms with E-state index in [1.54, 1.807) is 6.20 Å². The standard InChI is InChI=1S/C18H25N3O/c1-14-7-8-17(19-13-14)20-18(22)15-9-11-21(12-10-15)16-5-3-2-4-6-16/h3,5,7-8,13,15-16H,2,4,6,9-12H2,1H3,(H,19,20,22). The fourth-order valence-electron chi connectivity index (χ4n) is 3.36. The summed E-state index contributed by atoms with van der Waals surface area (Å²) in [5.74, 6) is 0.898. The second kappa shape index (κ2) is 7.05. The van der Waals surface area contributed by atoms with Crippen molar-refractivity contribution in [1.29, 1.82) is 0 Å². The Morgan fingerprint density at radius 2 is 2.09 bits per heavy atom. The largest absolute Gasteiger partial charge is 0.310 e. The molecule has 1 saturated heterocycles. The summed E-state index contributed by atoms with van der Waals surface area (Å²) >= 11 is 0. The molecule has 4 nitrogen and oxygen atoms in total. The van der Waals surface area contributed by atoms with Crippen molar-refractivity contribution >= 4 is 11.7 Å². The molecule has 2 heterocycles. The Morgan fingerprint density at radius 3 is 2.73 bits per heavy atom. The number of piperidine rings is 1. The van der Waals surface area contributed by atoms with Crippen molar-refractivity contribution in [1.82, 2.24) is 9.88 Å². The summed E-state index contributed by atoms with van der Waals surface area (Å²) in [5.41, 5.74) is 1.10. The van der Waals surface area contributed by atoms with Gasteiger partial charge < -0.3 is 5.32 Å². The fraction of sp³-hybridized carbons (Fsp3) is 0.556. The minimum absolute atomic E-state index is 0.118. The van der Waals surface area contributed by atoms with Gasteiger partial charge in [-0.15, -0.1) is 0 Å². The molecule has 22 heavy (non-hydrogen) atoms. The Kier molecular flexibility index (Phi) is 4.88. The van der Waals surface area contributed by atoms with Crippen LogP contribution >= 0.6 is 0 Å². The average molecular weight is 299 g/mol. The molecule has 0 spiro atoms. The number of nitrogens with one attached hydrogen (secondary N) is 1. The summed E-state index contributed by atoms with van der Waals surface area (Å²) in [6, 6.07) is 4.44. The Morgan fingerprint density at radius 1 is 1.27 bits per heavy atom. The maximum absolute atomic E-state index is 12.4. The van der Waals surface area contributed by atoms with E-state index in [0.717, 1.165) is 31.5 Å². The lowest BCUT2D eigenvalue weighted by Gasteiger charge is -2.36. The van der Waals surface area contributed by atoms with Gasteiger partial charge in [0.1, 0.15) is 5.82 Å². The van der Waals surface area contributed by atoms with Crippen molar-refractivity contribution in [3.8, 4) is 0 Å². The van der Waals surface area contributed by atoms with Crippen LogP contribution in [0.5, 0.6) is 0 Å². The molecular formula is C18H25N3O. The predicted octanol–water partition coefficient (Wildman–Crippen LogP) is 3.15. The molecule has 2 aliphatic rings. The van der Waals surface area contributed by atoms with Crippen molar-refractivity contribution in [2.45, 2.75) is 45.1 Å².